The molecule has 2 aromatic rings. The number of hydrogen-bond acceptors (Lipinski definition) is 3. The number of para-hydroxylation sites is 1. The second-order valence-electron chi connectivity index (χ2n) is 6.40. The number of aromatic amines is 1. The van der Waals surface area contributed by atoms with Crippen LogP contribution in [-0.4, -0.2) is 35.0 Å². The number of amides is 2. The van der Waals surface area contributed by atoms with Gasteiger partial charge in [-0.3, -0.25) is 4.79 Å². The molecule has 7 heteroatoms. The Morgan fingerprint density at radius 3 is 2.71 bits per heavy atom. The van der Waals surface area contributed by atoms with Crippen LogP contribution in [0.2, 0.25) is 0 Å². The fourth-order valence-corrected chi connectivity index (χ4v) is 2.39. The molecule has 0 saturated carbocycles. The zero-order chi connectivity index (χ0) is 17.7. The Hall–Kier alpha value is -2.21. The Morgan fingerprint density at radius 2 is 2.04 bits per heavy atom. The van der Waals surface area contributed by atoms with Crippen LogP contribution in [0.4, 0.5) is 10.5 Å². The maximum atomic E-state index is 11.7. The molecule has 6 nitrogen and oxygen atoms in total. The number of carbonyl (C=O) groups is 2. The van der Waals surface area contributed by atoms with Crippen LogP contribution in [0.15, 0.2) is 24.4 Å². The van der Waals surface area contributed by atoms with E-state index in [-0.39, 0.29) is 11.8 Å². The molecule has 2 amide bonds. The molecule has 0 fully saturated rings. The van der Waals surface area contributed by atoms with Crippen LogP contribution in [0.25, 0.3) is 10.9 Å². The molecule has 1 heterocycles. The van der Waals surface area contributed by atoms with E-state index in [1.165, 1.54) is 0 Å². The SMILES string of the molecule is CC(C)(C)OC(=O)NCCc1c[nH]c2c(NC(=O)CCl)cccc12. The second kappa shape index (κ2) is 7.57. The summed E-state index contributed by atoms with van der Waals surface area (Å²) in [5.74, 6) is -0.351. The van der Waals surface area contributed by atoms with Gasteiger partial charge in [-0.25, -0.2) is 4.79 Å². The number of halogens is 1. The molecule has 3 N–H and O–H groups in total. The Balaban J connectivity index is 2.02. The highest BCUT2D eigenvalue weighted by Gasteiger charge is 2.16. The lowest BCUT2D eigenvalue weighted by Crippen LogP contribution is -2.33. The molecule has 0 aliphatic rings. The standard InChI is InChI=1S/C17H22ClN3O3/c1-17(2,3)24-16(23)19-8-7-11-10-20-15-12(11)5-4-6-13(15)21-14(22)9-18/h4-6,10,20H,7-9H2,1-3H3,(H,19,23)(H,21,22). The van der Waals surface area contributed by atoms with E-state index in [0.29, 0.717) is 18.7 Å². The molecule has 0 unspecified atom stereocenters. The quantitative estimate of drug-likeness (QED) is 0.722. The minimum absolute atomic E-state index is 0.0935. The van der Waals surface area contributed by atoms with Crippen molar-refractivity contribution in [2.45, 2.75) is 32.8 Å². The van der Waals surface area contributed by atoms with E-state index in [4.69, 9.17) is 16.3 Å². The number of H-pyrrole nitrogens is 1. The molecular weight excluding hydrogens is 330 g/mol. The Labute approximate surface area is 145 Å². The van der Waals surface area contributed by atoms with E-state index in [1.54, 1.807) is 0 Å². The van der Waals surface area contributed by atoms with Gasteiger partial charge in [0.2, 0.25) is 5.91 Å². The van der Waals surface area contributed by atoms with E-state index >= 15 is 0 Å². The van der Waals surface area contributed by atoms with Crippen LogP contribution in [-0.2, 0) is 16.0 Å². The van der Waals surface area contributed by atoms with Crippen molar-refractivity contribution in [3.8, 4) is 0 Å². The number of aromatic nitrogens is 1. The third-order valence-electron chi connectivity index (χ3n) is 3.26. The molecule has 130 valence electrons. The summed E-state index contributed by atoms with van der Waals surface area (Å²) >= 11 is 5.53. The smallest absolute Gasteiger partial charge is 0.407 e. The fraction of sp³-hybridized carbons (Fsp3) is 0.412. The van der Waals surface area contributed by atoms with Gasteiger partial charge in [-0.15, -0.1) is 11.6 Å². The summed E-state index contributed by atoms with van der Waals surface area (Å²) in [6.45, 7) is 5.93. The van der Waals surface area contributed by atoms with Gasteiger partial charge in [-0.1, -0.05) is 12.1 Å². The van der Waals surface area contributed by atoms with Crippen LogP contribution >= 0.6 is 11.6 Å². The highest BCUT2D eigenvalue weighted by molar-refractivity contribution is 6.29. The van der Waals surface area contributed by atoms with Crippen LogP contribution in [0.5, 0.6) is 0 Å². The number of hydrogen-bond donors (Lipinski definition) is 3. The van der Waals surface area contributed by atoms with Crippen molar-refractivity contribution < 1.29 is 14.3 Å². The zero-order valence-electron chi connectivity index (χ0n) is 14.0. The molecule has 24 heavy (non-hydrogen) atoms. The monoisotopic (exact) mass is 351 g/mol. The lowest BCUT2D eigenvalue weighted by molar-refractivity contribution is -0.113. The fourth-order valence-electron chi connectivity index (χ4n) is 2.32. The summed E-state index contributed by atoms with van der Waals surface area (Å²) in [4.78, 5) is 26.3. The molecule has 0 spiro atoms. The maximum Gasteiger partial charge on any atom is 0.407 e. The number of alkyl halides is 1. The molecule has 0 aliphatic heterocycles. The van der Waals surface area contributed by atoms with Gasteiger partial charge in [0.15, 0.2) is 0 Å². The average molecular weight is 352 g/mol. The summed E-state index contributed by atoms with van der Waals surface area (Å²) in [5.41, 5.74) is 2.05. The summed E-state index contributed by atoms with van der Waals surface area (Å²) in [7, 11) is 0. The molecule has 1 aromatic carbocycles. The molecule has 0 atom stereocenters. The van der Waals surface area contributed by atoms with Gasteiger partial charge in [-0.2, -0.15) is 0 Å². The second-order valence-corrected chi connectivity index (χ2v) is 6.67. The molecule has 1 aromatic heterocycles. The van der Waals surface area contributed by atoms with Crippen LogP contribution in [0.1, 0.15) is 26.3 Å². The summed E-state index contributed by atoms with van der Waals surface area (Å²) in [5, 5.41) is 6.49. The lowest BCUT2D eigenvalue weighted by Gasteiger charge is -2.19. The highest BCUT2D eigenvalue weighted by Crippen LogP contribution is 2.25. The highest BCUT2D eigenvalue weighted by atomic mass is 35.5. The summed E-state index contributed by atoms with van der Waals surface area (Å²) < 4.78 is 5.20. The first-order chi connectivity index (χ1) is 11.3. The molecule has 0 bridgehead atoms. The first-order valence-electron chi connectivity index (χ1n) is 7.72. The van der Waals surface area contributed by atoms with E-state index < -0.39 is 11.7 Å². The molecule has 0 saturated heterocycles. The van der Waals surface area contributed by atoms with Gasteiger partial charge in [-0.05, 0) is 38.8 Å². The lowest BCUT2D eigenvalue weighted by atomic mass is 10.1. The van der Waals surface area contributed by atoms with Crippen molar-refractivity contribution in [1.82, 2.24) is 10.3 Å². The van der Waals surface area contributed by atoms with Gasteiger partial charge in [0.05, 0.1) is 11.2 Å². The largest absolute Gasteiger partial charge is 0.444 e. The third kappa shape index (κ3) is 4.89. The number of alkyl carbamates (subject to hydrolysis) is 1. The van der Waals surface area contributed by atoms with Gasteiger partial charge in [0.1, 0.15) is 11.5 Å². The van der Waals surface area contributed by atoms with Crippen molar-refractivity contribution in [2.75, 3.05) is 17.7 Å². The number of benzene rings is 1. The van der Waals surface area contributed by atoms with E-state index in [1.807, 2.05) is 45.2 Å². The van der Waals surface area contributed by atoms with Crippen molar-refractivity contribution in [1.29, 1.82) is 0 Å². The van der Waals surface area contributed by atoms with Crippen LogP contribution < -0.4 is 10.6 Å². The average Bonchev–Trinajstić information content (AvgIpc) is 2.90. The molecule has 0 aliphatic carbocycles. The van der Waals surface area contributed by atoms with E-state index in [9.17, 15) is 9.59 Å². The Morgan fingerprint density at radius 1 is 1.29 bits per heavy atom. The number of carbonyl (C=O) groups excluding carboxylic acids is 2. The zero-order valence-corrected chi connectivity index (χ0v) is 14.8. The number of ether oxygens (including phenoxy) is 1. The van der Waals surface area contributed by atoms with Gasteiger partial charge >= 0.3 is 6.09 Å². The topological polar surface area (TPSA) is 83.2 Å². The summed E-state index contributed by atoms with van der Waals surface area (Å²) in [6.07, 6.45) is 2.08. The Bertz CT molecular complexity index is 734. The third-order valence-corrected chi connectivity index (χ3v) is 3.50. The van der Waals surface area contributed by atoms with Crippen molar-refractivity contribution in [3.05, 3.63) is 30.0 Å². The first-order valence-corrected chi connectivity index (χ1v) is 8.25. The van der Waals surface area contributed by atoms with Crippen molar-refractivity contribution >= 4 is 40.2 Å². The number of fused-ring (bicyclic) bond motifs is 1. The number of nitrogens with one attached hydrogen (secondary N) is 3. The predicted octanol–water partition coefficient (Wildman–Crippen LogP) is 3.41. The van der Waals surface area contributed by atoms with Crippen LogP contribution in [0.3, 0.4) is 0 Å². The molecule has 0 radical (unpaired) electrons. The number of rotatable bonds is 5. The molecule has 2 rings (SSSR count). The van der Waals surface area contributed by atoms with Gasteiger partial charge in [0.25, 0.3) is 0 Å². The Kier molecular flexibility index (Phi) is 5.72. The van der Waals surface area contributed by atoms with Gasteiger partial charge < -0.3 is 20.4 Å². The number of anilines is 1. The van der Waals surface area contributed by atoms with Crippen LogP contribution in [0, 0.1) is 0 Å². The minimum atomic E-state index is -0.513. The van der Waals surface area contributed by atoms with Crippen molar-refractivity contribution in [3.63, 3.8) is 0 Å². The van der Waals surface area contributed by atoms with E-state index in [0.717, 1.165) is 16.5 Å². The van der Waals surface area contributed by atoms with Gasteiger partial charge in [0, 0.05) is 18.1 Å². The van der Waals surface area contributed by atoms with E-state index in [2.05, 4.69) is 15.6 Å². The first kappa shape index (κ1) is 18.1. The normalized spacial score (nSPS) is 11.3. The maximum absolute atomic E-state index is 11.7. The molecular formula is C17H22ClN3O3. The minimum Gasteiger partial charge on any atom is -0.444 e. The van der Waals surface area contributed by atoms with Crippen molar-refractivity contribution in [2.24, 2.45) is 0 Å². The summed E-state index contributed by atoms with van der Waals surface area (Å²) in [6, 6.07) is 5.64. The predicted molar refractivity (Wildman–Crippen MR) is 95.6 cm³/mol.